The van der Waals surface area contributed by atoms with Crippen molar-refractivity contribution in [3.05, 3.63) is 70.3 Å². The molecule has 0 spiro atoms. The second-order valence-corrected chi connectivity index (χ2v) is 6.29. The Hall–Kier alpha value is -1.60. The van der Waals surface area contributed by atoms with Gasteiger partial charge in [-0.25, -0.2) is 0 Å². The Morgan fingerprint density at radius 1 is 0.900 bits per heavy atom. The number of benzene rings is 2. The normalized spacial score (nSPS) is 16.8. The minimum Gasteiger partial charge on any atom is -0.315 e. The summed E-state index contributed by atoms with van der Waals surface area (Å²) in [5, 5.41) is 3.47. The van der Waals surface area contributed by atoms with Crippen LogP contribution in [-0.2, 0) is 11.8 Å². The largest absolute Gasteiger partial charge is 0.315 e. The molecule has 2 aromatic rings. The number of hydrogen-bond donors (Lipinski definition) is 1. The van der Waals surface area contributed by atoms with E-state index in [9.17, 15) is 0 Å². The second-order valence-electron chi connectivity index (χ2n) is 6.29. The van der Waals surface area contributed by atoms with Crippen molar-refractivity contribution in [3.63, 3.8) is 0 Å². The van der Waals surface area contributed by atoms with Crippen LogP contribution in [0.25, 0.3) is 0 Å². The van der Waals surface area contributed by atoms with Gasteiger partial charge in [-0.2, -0.15) is 0 Å². The summed E-state index contributed by atoms with van der Waals surface area (Å²) in [4.78, 5) is 0. The molecule has 0 aliphatic carbocycles. The third-order valence-corrected chi connectivity index (χ3v) is 4.76. The fraction of sp³-hybridized carbons (Fsp3) is 0.368. The molecule has 1 nitrogen and oxygen atoms in total. The van der Waals surface area contributed by atoms with Gasteiger partial charge in [0.2, 0.25) is 0 Å². The van der Waals surface area contributed by atoms with E-state index in [0.717, 1.165) is 19.5 Å². The van der Waals surface area contributed by atoms with Crippen LogP contribution in [0.15, 0.2) is 42.5 Å². The molecule has 1 heterocycles. The maximum atomic E-state index is 3.47. The van der Waals surface area contributed by atoms with E-state index in [1.807, 2.05) is 0 Å². The van der Waals surface area contributed by atoms with Crippen molar-refractivity contribution in [3.8, 4) is 0 Å². The molecule has 0 unspecified atom stereocenters. The van der Waals surface area contributed by atoms with Gasteiger partial charge in [-0.15, -0.1) is 0 Å². The number of nitrogens with one attached hydrogen (secondary N) is 1. The molecular weight excluding hydrogens is 242 g/mol. The lowest BCUT2D eigenvalue weighted by molar-refractivity contribution is 0.273. The van der Waals surface area contributed by atoms with Crippen molar-refractivity contribution in [1.29, 1.82) is 0 Å². The van der Waals surface area contributed by atoms with Crippen molar-refractivity contribution in [2.24, 2.45) is 0 Å². The molecule has 1 heteroatoms. The van der Waals surface area contributed by atoms with E-state index in [4.69, 9.17) is 0 Å². The van der Waals surface area contributed by atoms with E-state index in [2.05, 4.69) is 68.6 Å². The highest BCUT2D eigenvalue weighted by Crippen LogP contribution is 2.34. The van der Waals surface area contributed by atoms with Gasteiger partial charge in [-0.05, 0) is 55.0 Å². The first kappa shape index (κ1) is 13.4. The first-order valence-corrected chi connectivity index (χ1v) is 7.44. The van der Waals surface area contributed by atoms with Gasteiger partial charge in [0, 0.05) is 18.5 Å². The summed E-state index contributed by atoms with van der Waals surface area (Å²) >= 11 is 0. The molecule has 0 radical (unpaired) electrons. The van der Waals surface area contributed by atoms with E-state index in [1.165, 1.54) is 27.8 Å². The molecule has 1 aliphatic heterocycles. The van der Waals surface area contributed by atoms with Crippen molar-refractivity contribution in [2.45, 2.75) is 32.6 Å². The highest BCUT2D eigenvalue weighted by Gasteiger charge is 2.39. The molecule has 20 heavy (non-hydrogen) atoms. The molecule has 2 aromatic carbocycles. The number of rotatable bonds is 3. The topological polar surface area (TPSA) is 12.0 Å². The molecule has 104 valence electrons. The predicted molar refractivity (Wildman–Crippen MR) is 85.3 cm³/mol. The summed E-state index contributed by atoms with van der Waals surface area (Å²) in [6.45, 7) is 8.80. The van der Waals surface area contributed by atoms with Crippen LogP contribution >= 0.6 is 0 Å². The lowest BCUT2D eigenvalue weighted by Gasteiger charge is -2.44. The first-order valence-electron chi connectivity index (χ1n) is 7.44. The smallest absolute Gasteiger partial charge is 0.0245 e. The highest BCUT2D eigenvalue weighted by molar-refractivity contribution is 5.40. The molecule has 1 saturated heterocycles. The molecule has 1 N–H and O–H groups in total. The van der Waals surface area contributed by atoms with Crippen molar-refractivity contribution in [2.75, 3.05) is 13.1 Å². The summed E-state index contributed by atoms with van der Waals surface area (Å²) in [6, 6.07) is 15.7. The summed E-state index contributed by atoms with van der Waals surface area (Å²) in [7, 11) is 0. The summed E-state index contributed by atoms with van der Waals surface area (Å²) < 4.78 is 0. The highest BCUT2D eigenvalue weighted by atomic mass is 15.0. The molecule has 3 rings (SSSR count). The van der Waals surface area contributed by atoms with Gasteiger partial charge in [0.1, 0.15) is 0 Å². The third kappa shape index (κ3) is 2.27. The summed E-state index contributed by atoms with van der Waals surface area (Å²) in [6.07, 6.45) is 1.13. The fourth-order valence-corrected chi connectivity index (χ4v) is 3.31. The van der Waals surface area contributed by atoms with Gasteiger partial charge >= 0.3 is 0 Å². The van der Waals surface area contributed by atoms with Crippen molar-refractivity contribution in [1.82, 2.24) is 5.32 Å². The molecular formula is C19H23N. The average molecular weight is 265 g/mol. The van der Waals surface area contributed by atoms with Gasteiger partial charge in [-0.3, -0.25) is 0 Å². The number of hydrogen-bond acceptors (Lipinski definition) is 1. The lowest BCUT2D eigenvalue weighted by Crippen LogP contribution is -2.58. The van der Waals surface area contributed by atoms with Crippen LogP contribution in [-0.4, -0.2) is 13.1 Å². The van der Waals surface area contributed by atoms with Crippen LogP contribution in [0.4, 0.5) is 0 Å². The van der Waals surface area contributed by atoms with E-state index >= 15 is 0 Å². The Kier molecular flexibility index (Phi) is 3.39. The van der Waals surface area contributed by atoms with Crippen LogP contribution in [0.3, 0.4) is 0 Å². The molecule has 1 fully saturated rings. The van der Waals surface area contributed by atoms with E-state index in [1.54, 1.807) is 0 Å². The quantitative estimate of drug-likeness (QED) is 0.892. The summed E-state index contributed by atoms with van der Waals surface area (Å²) in [5.74, 6) is 0. The Morgan fingerprint density at radius 2 is 1.65 bits per heavy atom. The maximum absolute atomic E-state index is 3.47. The summed E-state index contributed by atoms with van der Waals surface area (Å²) in [5.41, 5.74) is 7.44. The van der Waals surface area contributed by atoms with Crippen LogP contribution in [0.5, 0.6) is 0 Å². The van der Waals surface area contributed by atoms with Crippen LogP contribution in [0, 0.1) is 20.8 Å². The minimum absolute atomic E-state index is 0.285. The third-order valence-electron chi connectivity index (χ3n) is 4.76. The molecule has 0 amide bonds. The lowest BCUT2D eigenvalue weighted by atomic mass is 9.69. The van der Waals surface area contributed by atoms with Gasteiger partial charge in [0.05, 0.1) is 0 Å². The standard InChI is InChI=1S/C19H23N/c1-14-8-9-17(10-16(14)3)11-19(12-20-13-19)18-7-5-4-6-15(18)2/h4-10,20H,11-13H2,1-3H3. The zero-order chi connectivity index (χ0) is 14.2. The molecule has 1 aliphatic rings. The van der Waals surface area contributed by atoms with E-state index < -0.39 is 0 Å². The Balaban J connectivity index is 1.94. The molecule has 0 aromatic heterocycles. The first-order chi connectivity index (χ1) is 9.61. The minimum atomic E-state index is 0.285. The SMILES string of the molecule is Cc1ccc(CC2(c3ccccc3C)CNC2)cc1C. The maximum Gasteiger partial charge on any atom is 0.0245 e. The molecule has 0 saturated carbocycles. The second kappa shape index (κ2) is 5.06. The Bertz CT molecular complexity index is 623. The van der Waals surface area contributed by atoms with Crippen LogP contribution in [0.1, 0.15) is 27.8 Å². The van der Waals surface area contributed by atoms with Crippen molar-refractivity contribution >= 4 is 0 Å². The van der Waals surface area contributed by atoms with Crippen LogP contribution in [0.2, 0.25) is 0 Å². The monoisotopic (exact) mass is 265 g/mol. The number of aryl methyl sites for hydroxylation is 3. The zero-order valence-corrected chi connectivity index (χ0v) is 12.7. The van der Waals surface area contributed by atoms with Gasteiger partial charge in [0.15, 0.2) is 0 Å². The molecule has 0 atom stereocenters. The van der Waals surface area contributed by atoms with E-state index in [0.29, 0.717) is 0 Å². The predicted octanol–water partition coefficient (Wildman–Crippen LogP) is 3.70. The fourth-order valence-electron chi connectivity index (χ4n) is 3.31. The van der Waals surface area contributed by atoms with E-state index in [-0.39, 0.29) is 5.41 Å². The Labute approximate surface area is 122 Å². The zero-order valence-electron chi connectivity index (χ0n) is 12.7. The Morgan fingerprint density at radius 3 is 2.25 bits per heavy atom. The van der Waals surface area contributed by atoms with Gasteiger partial charge in [0.25, 0.3) is 0 Å². The average Bonchev–Trinajstić information content (AvgIpc) is 2.39. The van der Waals surface area contributed by atoms with Gasteiger partial charge in [-0.1, -0.05) is 42.5 Å². The van der Waals surface area contributed by atoms with Gasteiger partial charge < -0.3 is 5.32 Å². The molecule has 0 bridgehead atoms. The van der Waals surface area contributed by atoms with Crippen molar-refractivity contribution < 1.29 is 0 Å². The van der Waals surface area contributed by atoms with Crippen LogP contribution < -0.4 is 5.32 Å².